The highest BCUT2D eigenvalue weighted by atomic mass is 15.1. The summed E-state index contributed by atoms with van der Waals surface area (Å²) >= 11 is 0. The molecule has 5 aromatic rings. The van der Waals surface area contributed by atoms with Crippen LogP contribution in [0.1, 0.15) is 80.4 Å². The van der Waals surface area contributed by atoms with Crippen molar-refractivity contribution in [2.24, 2.45) is 0 Å². The molecule has 0 unspecified atom stereocenters. The van der Waals surface area contributed by atoms with E-state index in [1.54, 1.807) is 0 Å². The number of nitrogens with zero attached hydrogens (tertiary/aromatic N) is 4. The van der Waals surface area contributed by atoms with Gasteiger partial charge in [-0.05, 0) is 71.4 Å². The zero-order valence-corrected chi connectivity index (χ0v) is 39.7. The van der Waals surface area contributed by atoms with E-state index in [0.29, 0.717) is 0 Å². The number of benzene rings is 5. The Morgan fingerprint density at radius 2 is 0.364 bits per heavy atom. The Morgan fingerprint density at radius 3 is 0.436 bits per heavy atom. The fraction of sp³-hybridized carbons (Fsp3) is 0.412. The summed E-state index contributed by atoms with van der Waals surface area (Å²) < 4.78 is 0. The van der Waals surface area contributed by atoms with Gasteiger partial charge in [0, 0.05) is 59.3 Å². The van der Waals surface area contributed by atoms with E-state index in [2.05, 4.69) is 89.2 Å². The van der Waals surface area contributed by atoms with Crippen LogP contribution in [0.4, 0.5) is 17.1 Å². The fourth-order valence-corrected chi connectivity index (χ4v) is 3.25. The zero-order chi connectivity index (χ0) is 43.9. The molecular formula is C51H88N4. The molecule has 0 aliphatic heterocycles. The van der Waals surface area contributed by atoms with E-state index < -0.39 is 0 Å². The lowest BCUT2D eigenvalue weighted by Gasteiger charge is -2.10. The summed E-state index contributed by atoms with van der Waals surface area (Å²) in [4.78, 5) is 8.25. The van der Waals surface area contributed by atoms with Crippen LogP contribution in [0.25, 0.3) is 0 Å². The third kappa shape index (κ3) is 49.5. The molecule has 0 bridgehead atoms. The second kappa shape index (κ2) is 51.6. The molecule has 0 radical (unpaired) electrons. The Balaban J connectivity index is -0.000000126. The number of hydrogen-bond donors (Lipinski definition) is 0. The number of para-hydroxylation sites is 3. The van der Waals surface area contributed by atoms with Crippen LogP contribution in [0.3, 0.4) is 0 Å². The molecule has 0 atom stereocenters. The first kappa shape index (κ1) is 62.4. The van der Waals surface area contributed by atoms with Crippen molar-refractivity contribution in [2.45, 2.75) is 83.1 Å². The minimum absolute atomic E-state index is 1.25. The molecule has 312 valence electrons. The molecular weight excluding hydrogens is 669 g/mol. The number of hydrogen-bond acceptors (Lipinski definition) is 4. The van der Waals surface area contributed by atoms with Crippen molar-refractivity contribution in [3.8, 4) is 0 Å². The molecule has 0 aliphatic rings. The monoisotopic (exact) mass is 757 g/mol. The molecule has 4 heteroatoms. The van der Waals surface area contributed by atoms with Crippen LogP contribution < -0.4 is 14.7 Å². The maximum Gasteiger partial charge on any atom is 0.0360 e. The Bertz CT molecular complexity index is 1150. The first-order valence-electron chi connectivity index (χ1n) is 20.2. The van der Waals surface area contributed by atoms with Gasteiger partial charge < -0.3 is 19.6 Å². The van der Waals surface area contributed by atoms with Gasteiger partial charge in [0.05, 0.1) is 0 Å². The van der Waals surface area contributed by atoms with E-state index in [1.807, 2.05) is 229 Å². The highest BCUT2D eigenvalue weighted by Gasteiger charge is 1.89. The third-order valence-electron chi connectivity index (χ3n) is 5.70. The summed E-state index contributed by atoms with van der Waals surface area (Å²) in [6.45, 7) is 24.2. The first-order valence-corrected chi connectivity index (χ1v) is 20.2. The standard InChI is InChI=1S/3C8H11N.2C7H8.C3H9N.5C2H6/c3*1-9(2)8-6-4-3-5-7-8;2*1-7-5-3-2-4-6-7;1-4(2)3;5*1-2/h3*3-7H,1-2H3;2*2-6H,1H3;1-3H3;5*1-2H3. The van der Waals surface area contributed by atoms with Gasteiger partial charge in [-0.3, -0.25) is 0 Å². The fourth-order valence-electron chi connectivity index (χ4n) is 3.25. The van der Waals surface area contributed by atoms with Gasteiger partial charge in [0.1, 0.15) is 0 Å². The average Bonchev–Trinajstić information content (AvgIpc) is 3.24. The Labute approximate surface area is 344 Å². The van der Waals surface area contributed by atoms with Crippen molar-refractivity contribution >= 4 is 17.1 Å². The summed E-state index contributed by atoms with van der Waals surface area (Å²) in [6.07, 6.45) is 0. The number of anilines is 3. The third-order valence-corrected chi connectivity index (χ3v) is 5.70. The van der Waals surface area contributed by atoms with Gasteiger partial charge in [0.15, 0.2) is 0 Å². The van der Waals surface area contributed by atoms with E-state index in [0.717, 1.165) is 0 Å². The largest absolute Gasteiger partial charge is 0.378 e. The maximum absolute atomic E-state index is 2.08. The highest BCUT2D eigenvalue weighted by Crippen LogP contribution is 2.09. The molecule has 0 aromatic heterocycles. The van der Waals surface area contributed by atoms with Crippen LogP contribution in [-0.4, -0.2) is 68.3 Å². The Hall–Kier alpha value is -4.54. The molecule has 0 spiro atoms. The van der Waals surface area contributed by atoms with Crippen LogP contribution in [0, 0.1) is 13.8 Å². The summed E-state index contributed by atoms with van der Waals surface area (Å²) in [6, 6.07) is 51.3. The molecule has 0 fully saturated rings. The predicted octanol–water partition coefficient (Wildman–Crippen LogP) is 14.6. The normalized spacial score (nSPS) is 7.89. The topological polar surface area (TPSA) is 13.0 Å². The molecule has 5 rings (SSSR count). The van der Waals surface area contributed by atoms with Crippen LogP contribution in [0.15, 0.2) is 152 Å². The van der Waals surface area contributed by atoms with Crippen molar-refractivity contribution in [2.75, 3.05) is 78.1 Å². The van der Waals surface area contributed by atoms with E-state index in [1.165, 1.54) is 28.2 Å². The number of aryl methyl sites for hydroxylation is 2. The first-order chi connectivity index (χ1) is 26.4. The Kier molecular flexibility index (Phi) is 58.5. The highest BCUT2D eigenvalue weighted by molar-refractivity contribution is 5.45. The summed E-state index contributed by atoms with van der Waals surface area (Å²) in [7, 11) is 18.2. The van der Waals surface area contributed by atoms with Gasteiger partial charge in [-0.15, -0.1) is 0 Å². The second-order valence-electron chi connectivity index (χ2n) is 11.3. The molecule has 0 N–H and O–H groups in total. The summed E-state index contributed by atoms with van der Waals surface area (Å²) in [5.74, 6) is 0. The van der Waals surface area contributed by atoms with Crippen molar-refractivity contribution in [1.29, 1.82) is 0 Å². The van der Waals surface area contributed by atoms with Gasteiger partial charge in [-0.2, -0.15) is 0 Å². The molecule has 0 saturated heterocycles. The van der Waals surface area contributed by atoms with Crippen molar-refractivity contribution in [1.82, 2.24) is 4.90 Å². The van der Waals surface area contributed by atoms with E-state index in [4.69, 9.17) is 0 Å². The smallest absolute Gasteiger partial charge is 0.0360 e. The SMILES string of the molecule is CC.CC.CC.CC.CC.CN(C)C.CN(C)c1ccccc1.CN(C)c1ccccc1.CN(C)c1ccccc1.Cc1ccccc1.Cc1ccccc1. The quantitative estimate of drug-likeness (QED) is 0.182. The van der Waals surface area contributed by atoms with Crippen LogP contribution in [-0.2, 0) is 0 Å². The maximum atomic E-state index is 2.08. The summed E-state index contributed by atoms with van der Waals surface area (Å²) in [5, 5.41) is 0. The molecule has 0 amide bonds. The average molecular weight is 757 g/mol. The number of rotatable bonds is 3. The molecule has 0 heterocycles. The minimum Gasteiger partial charge on any atom is -0.378 e. The van der Waals surface area contributed by atoms with Crippen LogP contribution in [0.2, 0.25) is 0 Å². The van der Waals surface area contributed by atoms with Gasteiger partial charge in [-0.1, -0.05) is 196 Å². The summed E-state index contributed by atoms with van der Waals surface area (Å²) in [5.41, 5.74) is 6.39. The van der Waals surface area contributed by atoms with Gasteiger partial charge >= 0.3 is 0 Å². The van der Waals surface area contributed by atoms with Crippen molar-refractivity contribution < 1.29 is 0 Å². The molecule has 0 saturated carbocycles. The lowest BCUT2D eigenvalue weighted by molar-refractivity contribution is 0.505. The molecule has 4 nitrogen and oxygen atoms in total. The van der Waals surface area contributed by atoms with Crippen LogP contribution in [0.5, 0.6) is 0 Å². The Morgan fingerprint density at radius 1 is 0.236 bits per heavy atom. The molecule has 55 heavy (non-hydrogen) atoms. The van der Waals surface area contributed by atoms with E-state index in [9.17, 15) is 0 Å². The van der Waals surface area contributed by atoms with E-state index in [-0.39, 0.29) is 0 Å². The minimum atomic E-state index is 1.25. The molecule has 5 aromatic carbocycles. The van der Waals surface area contributed by atoms with Gasteiger partial charge in [-0.25, -0.2) is 0 Å². The zero-order valence-electron chi connectivity index (χ0n) is 39.7. The molecule has 0 aliphatic carbocycles. The lowest BCUT2D eigenvalue weighted by atomic mass is 10.2. The van der Waals surface area contributed by atoms with Gasteiger partial charge in [0.2, 0.25) is 0 Å². The van der Waals surface area contributed by atoms with Gasteiger partial charge in [0.25, 0.3) is 0 Å². The van der Waals surface area contributed by atoms with E-state index >= 15 is 0 Å². The van der Waals surface area contributed by atoms with Crippen LogP contribution >= 0.6 is 0 Å². The van der Waals surface area contributed by atoms with Crippen molar-refractivity contribution in [3.63, 3.8) is 0 Å². The lowest BCUT2D eigenvalue weighted by Crippen LogP contribution is -2.07. The predicted molar refractivity (Wildman–Crippen MR) is 261 cm³/mol. The second-order valence-corrected chi connectivity index (χ2v) is 11.3. The van der Waals surface area contributed by atoms with Crippen molar-refractivity contribution in [3.05, 3.63) is 163 Å².